The molecule has 2 aromatic rings. The fraction of sp³-hybridized carbons (Fsp3) is 0.250. The van der Waals surface area contributed by atoms with Gasteiger partial charge in [0.05, 0.1) is 47.9 Å². The Morgan fingerprint density at radius 3 is 1.94 bits per heavy atom. The van der Waals surface area contributed by atoms with Gasteiger partial charge in [-0.05, 0) is 68.3 Å². The molecule has 0 bridgehead atoms. The van der Waals surface area contributed by atoms with Crippen molar-refractivity contribution in [3.05, 3.63) is 56.5 Å². The van der Waals surface area contributed by atoms with Crippen LogP contribution in [0.3, 0.4) is 0 Å². The summed E-state index contributed by atoms with van der Waals surface area (Å²) < 4.78 is 20.2. The molecule has 2 aromatic carbocycles. The average molecular weight is 563 g/mol. The third kappa shape index (κ3) is 8.85. The van der Waals surface area contributed by atoms with Gasteiger partial charge < -0.3 is 29.4 Å². The van der Waals surface area contributed by atoms with E-state index in [1.54, 1.807) is 30.3 Å². The fourth-order valence-corrected chi connectivity index (χ4v) is 2.61. The first-order chi connectivity index (χ1) is 14.7. The van der Waals surface area contributed by atoms with E-state index >= 15 is 0 Å². The maximum Gasteiger partial charge on any atom is 0.406 e. The summed E-state index contributed by atoms with van der Waals surface area (Å²) in [5, 5.41) is 11.7. The van der Waals surface area contributed by atoms with E-state index in [-0.39, 0.29) is 12.4 Å². The summed E-state index contributed by atoms with van der Waals surface area (Å²) in [4.78, 5) is 33.1. The molecular formula is C20H21Br2NO8. The number of esters is 2. The van der Waals surface area contributed by atoms with Crippen molar-refractivity contribution < 1.29 is 38.4 Å². The summed E-state index contributed by atoms with van der Waals surface area (Å²) in [6, 6.07) is 9.37. The summed E-state index contributed by atoms with van der Waals surface area (Å²) in [6.45, 7) is 0.542. The number of carbonyl (C=O) groups is 3. The summed E-state index contributed by atoms with van der Waals surface area (Å²) in [5.74, 6) is -0.379. The van der Waals surface area contributed by atoms with Crippen LogP contribution in [-0.2, 0) is 14.2 Å². The number of benzene rings is 2. The highest BCUT2D eigenvalue weighted by Gasteiger charge is 2.10. The van der Waals surface area contributed by atoms with Gasteiger partial charge in [0.15, 0.2) is 0 Å². The quantitative estimate of drug-likeness (QED) is 0.309. The van der Waals surface area contributed by atoms with E-state index in [2.05, 4.69) is 51.4 Å². The van der Waals surface area contributed by atoms with Crippen molar-refractivity contribution in [3.8, 4) is 11.5 Å². The van der Waals surface area contributed by atoms with Gasteiger partial charge in [-0.2, -0.15) is 0 Å². The van der Waals surface area contributed by atoms with Crippen LogP contribution >= 0.6 is 31.9 Å². The molecule has 0 unspecified atom stereocenters. The number of phenols is 1. The number of nitrogens with one attached hydrogen (secondary N) is 1. The van der Waals surface area contributed by atoms with Gasteiger partial charge in [-0.1, -0.05) is 0 Å². The molecule has 0 aliphatic heterocycles. The van der Waals surface area contributed by atoms with Crippen molar-refractivity contribution in [1.82, 2.24) is 5.32 Å². The van der Waals surface area contributed by atoms with Crippen molar-refractivity contribution in [1.29, 1.82) is 0 Å². The molecule has 0 saturated carbocycles. The first-order valence-electron chi connectivity index (χ1n) is 8.62. The highest BCUT2D eigenvalue weighted by atomic mass is 79.9. The first kappa shape index (κ1) is 26.2. The van der Waals surface area contributed by atoms with Crippen LogP contribution in [0.25, 0.3) is 0 Å². The van der Waals surface area contributed by atoms with E-state index in [0.717, 1.165) is 0 Å². The minimum atomic E-state index is -0.522. The SMILES string of the molecule is COC(=O)NCCOc1cc(C(=O)OC)ccc1Br.COC(=O)c1ccc(Br)c(O)c1. The topological polar surface area (TPSA) is 120 Å². The molecule has 11 heteroatoms. The first-order valence-corrected chi connectivity index (χ1v) is 10.2. The molecule has 1 amide bonds. The van der Waals surface area contributed by atoms with Crippen LogP contribution in [0.4, 0.5) is 4.79 Å². The molecule has 0 heterocycles. The second kappa shape index (κ2) is 13.5. The van der Waals surface area contributed by atoms with Crippen LogP contribution in [-0.4, -0.2) is 57.6 Å². The number of rotatable bonds is 6. The Kier molecular flexibility index (Phi) is 11.4. The average Bonchev–Trinajstić information content (AvgIpc) is 2.78. The minimum Gasteiger partial charge on any atom is -0.507 e. The molecule has 31 heavy (non-hydrogen) atoms. The molecule has 2 N–H and O–H groups in total. The number of ether oxygens (including phenoxy) is 4. The van der Waals surface area contributed by atoms with E-state index in [0.29, 0.717) is 32.4 Å². The molecule has 0 aromatic heterocycles. The van der Waals surface area contributed by atoms with Crippen molar-refractivity contribution >= 4 is 49.9 Å². The molecule has 0 fully saturated rings. The molecular weight excluding hydrogens is 542 g/mol. The van der Waals surface area contributed by atoms with Gasteiger partial charge in [-0.3, -0.25) is 0 Å². The molecule has 0 spiro atoms. The van der Waals surface area contributed by atoms with Crippen LogP contribution in [0.2, 0.25) is 0 Å². The number of hydrogen-bond donors (Lipinski definition) is 2. The summed E-state index contributed by atoms with van der Waals surface area (Å²) in [5.41, 5.74) is 0.722. The molecule has 9 nitrogen and oxygen atoms in total. The third-order valence-electron chi connectivity index (χ3n) is 3.53. The second-order valence-corrected chi connectivity index (χ2v) is 7.27. The summed E-state index contributed by atoms with van der Waals surface area (Å²) in [6.07, 6.45) is -0.522. The molecule has 2 rings (SSSR count). The zero-order valence-corrected chi connectivity index (χ0v) is 20.1. The lowest BCUT2D eigenvalue weighted by atomic mass is 10.2. The van der Waals surface area contributed by atoms with Crippen molar-refractivity contribution in [2.24, 2.45) is 0 Å². The Bertz CT molecular complexity index is 920. The molecule has 0 aliphatic rings. The van der Waals surface area contributed by atoms with Crippen LogP contribution in [0, 0.1) is 0 Å². The molecule has 0 atom stereocenters. The Morgan fingerprint density at radius 1 is 0.871 bits per heavy atom. The van der Waals surface area contributed by atoms with E-state index < -0.39 is 18.0 Å². The van der Waals surface area contributed by atoms with Gasteiger partial charge >= 0.3 is 18.0 Å². The van der Waals surface area contributed by atoms with Crippen molar-refractivity contribution in [2.75, 3.05) is 34.5 Å². The van der Waals surface area contributed by atoms with E-state index in [4.69, 9.17) is 4.74 Å². The van der Waals surface area contributed by atoms with E-state index in [1.165, 1.54) is 27.4 Å². The monoisotopic (exact) mass is 561 g/mol. The molecule has 0 saturated heterocycles. The summed E-state index contributed by atoms with van der Waals surface area (Å²) >= 11 is 6.41. The number of alkyl carbamates (subject to hydrolysis) is 1. The standard InChI is InChI=1S/C12H14BrNO5.C8H7BrO3/c1-17-11(15)8-3-4-9(13)10(7-8)19-6-5-14-12(16)18-2;1-12-8(11)5-2-3-6(9)7(10)4-5/h3-4,7H,5-6H2,1-2H3,(H,14,16);2-4,10H,1H3. The Hall–Kier alpha value is -2.79. The number of phenolic OH excluding ortho intramolecular Hbond substituents is 1. The largest absolute Gasteiger partial charge is 0.507 e. The minimum absolute atomic E-state index is 0.0258. The van der Waals surface area contributed by atoms with Gasteiger partial charge in [0.2, 0.25) is 0 Å². The Balaban J connectivity index is 0.000000343. The predicted molar refractivity (Wildman–Crippen MR) is 119 cm³/mol. The van der Waals surface area contributed by atoms with Crippen molar-refractivity contribution in [2.45, 2.75) is 0 Å². The van der Waals surface area contributed by atoms with E-state index in [9.17, 15) is 19.5 Å². The van der Waals surface area contributed by atoms with Crippen LogP contribution in [0.1, 0.15) is 20.7 Å². The number of methoxy groups -OCH3 is 3. The highest BCUT2D eigenvalue weighted by Crippen LogP contribution is 2.26. The number of amides is 1. The fourth-order valence-electron chi connectivity index (χ4n) is 2.00. The number of aromatic hydroxyl groups is 1. The number of hydrogen-bond acceptors (Lipinski definition) is 8. The van der Waals surface area contributed by atoms with Gasteiger partial charge in [0, 0.05) is 0 Å². The highest BCUT2D eigenvalue weighted by molar-refractivity contribution is 9.10. The number of halogens is 2. The Morgan fingerprint density at radius 2 is 1.42 bits per heavy atom. The van der Waals surface area contributed by atoms with Crippen molar-refractivity contribution in [3.63, 3.8) is 0 Å². The maximum absolute atomic E-state index is 11.4. The zero-order chi connectivity index (χ0) is 23.4. The van der Waals surface area contributed by atoms with Crippen LogP contribution in [0.5, 0.6) is 11.5 Å². The third-order valence-corrected chi connectivity index (χ3v) is 4.86. The van der Waals surface area contributed by atoms with Crippen LogP contribution < -0.4 is 10.1 Å². The lowest BCUT2D eigenvalue weighted by Gasteiger charge is -2.10. The Labute approximate surface area is 195 Å². The van der Waals surface area contributed by atoms with Gasteiger partial charge in [0.25, 0.3) is 0 Å². The lowest BCUT2D eigenvalue weighted by Crippen LogP contribution is -2.27. The maximum atomic E-state index is 11.4. The van der Waals surface area contributed by atoms with Crippen LogP contribution in [0.15, 0.2) is 45.3 Å². The normalized spacial score (nSPS) is 9.58. The predicted octanol–water partition coefficient (Wildman–Crippen LogP) is 3.91. The van der Waals surface area contributed by atoms with Gasteiger partial charge in [0.1, 0.15) is 18.1 Å². The summed E-state index contributed by atoms with van der Waals surface area (Å²) in [7, 11) is 3.89. The number of carbonyl (C=O) groups excluding carboxylic acids is 3. The zero-order valence-electron chi connectivity index (χ0n) is 16.9. The smallest absolute Gasteiger partial charge is 0.406 e. The lowest BCUT2D eigenvalue weighted by molar-refractivity contribution is 0.0591. The van der Waals surface area contributed by atoms with Gasteiger partial charge in [-0.15, -0.1) is 0 Å². The molecule has 0 aliphatic carbocycles. The second-order valence-electron chi connectivity index (χ2n) is 5.56. The van der Waals surface area contributed by atoms with Gasteiger partial charge in [-0.25, -0.2) is 14.4 Å². The van der Waals surface area contributed by atoms with E-state index in [1.807, 2.05) is 0 Å². The molecule has 168 valence electrons. The molecule has 0 radical (unpaired) electrons.